The number of hydrogen-bond acceptors (Lipinski definition) is 3. The summed E-state index contributed by atoms with van der Waals surface area (Å²) in [5.41, 5.74) is 9.66. The summed E-state index contributed by atoms with van der Waals surface area (Å²) >= 11 is 0. The molecule has 0 spiro atoms. The van der Waals surface area contributed by atoms with Crippen LogP contribution in [-0.2, 0) is 4.74 Å². The molecule has 0 aromatic heterocycles. The van der Waals surface area contributed by atoms with E-state index in [0.29, 0.717) is 0 Å². The summed E-state index contributed by atoms with van der Waals surface area (Å²) < 4.78 is 7.23. The highest BCUT2D eigenvalue weighted by Crippen LogP contribution is 2.57. The van der Waals surface area contributed by atoms with E-state index in [4.69, 9.17) is 4.74 Å². The maximum atomic E-state index is 7.23. The zero-order chi connectivity index (χ0) is 31.2. The van der Waals surface area contributed by atoms with Crippen LogP contribution in [0.3, 0.4) is 0 Å². The van der Waals surface area contributed by atoms with Crippen molar-refractivity contribution in [1.29, 1.82) is 0 Å². The average Bonchev–Trinajstić information content (AvgIpc) is 3.53. The number of hydrogen-bond donors (Lipinski definition) is 0. The summed E-state index contributed by atoms with van der Waals surface area (Å²) in [7, 11) is 0. The minimum Gasteiger partial charge on any atom is -0.368 e. The Labute approximate surface area is 277 Å². The van der Waals surface area contributed by atoms with E-state index in [2.05, 4.69) is 192 Å². The highest BCUT2D eigenvalue weighted by atomic mass is 16.5. The van der Waals surface area contributed by atoms with E-state index in [1.165, 1.54) is 33.9 Å². The molecule has 3 aliphatic carbocycles. The molecule has 1 aliphatic heterocycles. The van der Waals surface area contributed by atoms with Gasteiger partial charge in [0, 0.05) is 57.7 Å². The molecular weight excluding hydrogens is 572 g/mol. The third-order valence-electron chi connectivity index (χ3n) is 10.2. The molecule has 1 saturated heterocycles. The molecule has 5 aromatic carbocycles. The van der Waals surface area contributed by atoms with E-state index >= 15 is 0 Å². The Kier molecular flexibility index (Phi) is 6.98. The fourth-order valence-electron chi connectivity index (χ4n) is 8.20. The van der Waals surface area contributed by atoms with E-state index < -0.39 is 0 Å². The maximum Gasteiger partial charge on any atom is 0.0905 e. The lowest BCUT2D eigenvalue weighted by Crippen LogP contribution is -2.40. The predicted molar refractivity (Wildman–Crippen MR) is 192 cm³/mol. The van der Waals surface area contributed by atoms with E-state index in [1.54, 1.807) is 0 Å². The van der Waals surface area contributed by atoms with Gasteiger partial charge in [0.15, 0.2) is 0 Å². The van der Waals surface area contributed by atoms with Gasteiger partial charge in [-0.3, -0.25) is 0 Å². The molecule has 1 heterocycles. The van der Waals surface area contributed by atoms with Crippen LogP contribution in [-0.4, -0.2) is 6.10 Å². The van der Waals surface area contributed by atoms with Crippen LogP contribution in [0.4, 0.5) is 22.7 Å². The molecular formula is C44H36N2O. The third kappa shape index (κ3) is 4.78. The summed E-state index contributed by atoms with van der Waals surface area (Å²) in [6, 6.07) is 52.0. The van der Waals surface area contributed by atoms with Gasteiger partial charge in [0.25, 0.3) is 0 Å². The molecule has 0 saturated carbocycles. The van der Waals surface area contributed by atoms with Crippen molar-refractivity contribution < 1.29 is 4.74 Å². The zero-order valence-corrected chi connectivity index (χ0v) is 26.1. The summed E-state index contributed by atoms with van der Waals surface area (Å²) in [5, 5.41) is 0. The number of nitrogens with zero attached hydrogens (tertiary/aromatic N) is 2. The Morgan fingerprint density at radius 1 is 0.447 bits per heavy atom. The molecule has 228 valence electrons. The molecule has 9 rings (SSSR count). The van der Waals surface area contributed by atoms with Crippen LogP contribution >= 0.6 is 0 Å². The van der Waals surface area contributed by atoms with Crippen LogP contribution in [0.5, 0.6) is 0 Å². The third-order valence-corrected chi connectivity index (χ3v) is 10.2. The molecule has 4 aliphatic rings. The van der Waals surface area contributed by atoms with E-state index in [9.17, 15) is 0 Å². The zero-order valence-electron chi connectivity index (χ0n) is 26.1. The van der Waals surface area contributed by atoms with Crippen LogP contribution < -0.4 is 9.80 Å². The van der Waals surface area contributed by atoms with E-state index in [1.807, 2.05) is 0 Å². The van der Waals surface area contributed by atoms with Crippen LogP contribution in [0.15, 0.2) is 188 Å². The van der Waals surface area contributed by atoms with Crippen molar-refractivity contribution in [3.8, 4) is 0 Å². The number of anilines is 4. The number of rotatable bonds is 6. The lowest BCUT2D eigenvalue weighted by Gasteiger charge is -2.42. The van der Waals surface area contributed by atoms with Crippen molar-refractivity contribution in [2.75, 3.05) is 9.80 Å². The second-order valence-corrected chi connectivity index (χ2v) is 12.8. The molecule has 6 atom stereocenters. The fraction of sp³-hybridized carbons (Fsp3) is 0.136. The van der Waals surface area contributed by atoms with Gasteiger partial charge < -0.3 is 14.5 Å². The monoisotopic (exact) mass is 608 g/mol. The summed E-state index contributed by atoms with van der Waals surface area (Å²) in [4.78, 5) is 4.88. The van der Waals surface area contributed by atoms with E-state index in [0.717, 1.165) is 11.4 Å². The van der Waals surface area contributed by atoms with Gasteiger partial charge in [0.2, 0.25) is 0 Å². The average molecular weight is 609 g/mol. The van der Waals surface area contributed by atoms with Crippen LogP contribution in [0.25, 0.3) is 5.70 Å². The largest absolute Gasteiger partial charge is 0.368 e. The molecule has 5 aromatic rings. The minimum absolute atomic E-state index is 0.0178. The Balaban J connectivity index is 1.23. The minimum atomic E-state index is -0.0178. The van der Waals surface area contributed by atoms with Crippen LogP contribution in [0.2, 0.25) is 0 Å². The van der Waals surface area contributed by atoms with Gasteiger partial charge in [-0.05, 0) is 54.1 Å². The normalized spacial score (nSPS) is 25.0. The van der Waals surface area contributed by atoms with E-state index in [-0.39, 0.29) is 35.9 Å². The predicted octanol–water partition coefficient (Wildman–Crippen LogP) is 10.6. The molecule has 0 N–H and O–H groups in total. The topological polar surface area (TPSA) is 15.7 Å². The number of para-hydroxylation sites is 4. The highest BCUT2D eigenvalue weighted by molar-refractivity contribution is 5.90. The highest BCUT2D eigenvalue weighted by Gasteiger charge is 2.53. The smallest absolute Gasteiger partial charge is 0.0905 e. The number of ether oxygens (including phenoxy) is 1. The first kappa shape index (κ1) is 27.9. The summed E-state index contributed by atoms with van der Waals surface area (Å²) in [6.07, 6.45) is 14.3. The molecule has 6 unspecified atom stereocenters. The fourth-order valence-corrected chi connectivity index (χ4v) is 8.20. The lowest BCUT2D eigenvalue weighted by atomic mass is 9.68. The van der Waals surface area contributed by atoms with Crippen molar-refractivity contribution >= 4 is 28.4 Å². The summed E-state index contributed by atoms with van der Waals surface area (Å²) in [6.45, 7) is 0. The SMILES string of the molecule is C1=CC2C(N(c3ccccc3)c3ccccc3)=CC3C4C=C(N(c5ccccc5)c5ccccc5)c5ccccc5C4OC3C2C=C1. The van der Waals surface area contributed by atoms with Crippen molar-refractivity contribution in [2.45, 2.75) is 12.2 Å². The van der Waals surface area contributed by atoms with Crippen molar-refractivity contribution in [3.63, 3.8) is 0 Å². The van der Waals surface area contributed by atoms with Crippen molar-refractivity contribution in [2.24, 2.45) is 23.7 Å². The number of fused-ring (bicyclic) bond motifs is 7. The van der Waals surface area contributed by atoms with Gasteiger partial charge in [-0.1, -0.05) is 134 Å². The Hall–Kier alpha value is -5.38. The standard InChI is InChI=1S/C44H36N2O/c1-5-17-31(18-6-1)45(32-19-7-2-8-20-32)41-29-39-40-30-42(46(33-21-9-3-10-22-33)34-23-11-4-12-24-34)36-26-14-16-28-38(36)44(40)47-43(39)37-27-15-13-25-35(37)41/h1-30,35,37,39-40,43-44H. The van der Waals surface area contributed by atoms with Gasteiger partial charge in [-0.15, -0.1) is 0 Å². The number of allylic oxidation sites excluding steroid dienone is 3. The van der Waals surface area contributed by atoms with Gasteiger partial charge in [-0.25, -0.2) is 0 Å². The first-order valence-corrected chi connectivity index (χ1v) is 16.7. The van der Waals surface area contributed by atoms with Crippen LogP contribution in [0.1, 0.15) is 17.2 Å². The van der Waals surface area contributed by atoms with Gasteiger partial charge >= 0.3 is 0 Å². The Morgan fingerprint density at radius 2 is 0.957 bits per heavy atom. The molecule has 47 heavy (non-hydrogen) atoms. The first-order chi connectivity index (χ1) is 23.3. The second-order valence-electron chi connectivity index (χ2n) is 12.8. The first-order valence-electron chi connectivity index (χ1n) is 16.7. The van der Waals surface area contributed by atoms with Crippen molar-refractivity contribution in [1.82, 2.24) is 0 Å². The Bertz CT molecular complexity index is 1920. The summed E-state index contributed by atoms with van der Waals surface area (Å²) in [5.74, 6) is 0.794. The number of benzene rings is 5. The molecule has 1 fully saturated rings. The van der Waals surface area contributed by atoms with Gasteiger partial charge in [0.05, 0.1) is 17.9 Å². The molecule has 0 amide bonds. The molecule has 3 heteroatoms. The van der Waals surface area contributed by atoms with Crippen molar-refractivity contribution in [3.05, 3.63) is 199 Å². The molecule has 3 nitrogen and oxygen atoms in total. The van der Waals surface area contributed by atoms with Gasteiger partial charge in [-0.2, -0.15) is 0 Å². The van der Waals surface area contributed by atoms with Gasteiger partial charge in [0.1, 0.15) is 0 Å². The maximum absolute atomic E-state index is 7.23. The molecule has 0 bridgehead atoms. The lowest BCUT2D eigenvalue weighted by molar-refractivity contribution is 0.000103. The molecule has 0 radical (unpaired) electrons. The van der Waals surface area contributed by atoms with Crippen LogP contribution in [0, 0.1) is 23.7 Å². The quantitative estimate of drug-likeness (QED) is 0.191. The Morgan fingerprint density at radius 3 is 1.55 bits per heavy atom. The second kappa shape index (κ2) is 11.8.